The minimum Gasteiger partial charge on any atom is -0.196 e. The summed E-state index contributed by atoms with van der Waals surface area (Å²) in [6, 6.07) is 10.7. The molecule has 4 rings (SSSR count). The molecule has 0 unspecified atom stereocenters. The van der Waals surface area contributed by atoms with Crippen LogP contribution >= 0.6 is 0 Å². The lowest BCUT2D eigenvalue weighted by atomic mass is 9.95. The average Bonchev–Trinajstić information content (AvgIpc) is 2.97. The maximum absolute atomic E-state index is 12.6. The van der Waals surface area contributed by atoms with Gasteiger partial charge in [-0.15, -0.1) is 0 Å². The topological polar surface area (TPSA) is 25.0 Å². The zero-order valence-corrected chi connectivity index (χ0v) is 10.9. The zero-order chi connectivity index (χ0) is 12.8. The first-order valence-electron chi connectivity index (χ1n) is 7.12. The lowest BCUT2D eigenvalue weighted by Gasteiger charge is -2.19. The molecular formula is C16H17N2O+. The van der Waals surface area contributed by atoms with Crippen molar-refractivity contribution in [3.63, 3.8) is 0 Å². The van der Waals surface area contributed by atoms with Gasteiger partial charge in [-0.2, -0.15) is 13.9 Å². The van der Waals surface area contributed by atoms with Gasteiger partial charge in [0.15, 0.2) is 5.69 Å². The third kappa shape index (κ3) is 1.57. The number of rotatable bonds is 1. The second-order valence-electron chi connectivity index (χ2n) is 5.57. The van der Waals surface area contributed by atoms with Gasteiger partial charge >= 0.3 is 6.03 Å². The highest BCUT2D eigenvalue weighted by molar-refractivity contribution is 6.01. The van der Waals surface area contributed by atoms with Crippen molar-refractivity contribution in [1.82, 2.24) is 4.57 Å². The maximum atomic E-state index is 12.6. The predicted molar refractivity (Wildman–Crippen MR) is 75.0 cm³/mol. The molecule has 1 aliphatic heterocycles. The Hall–Kier alpha value is -1.90. The van der Waals surface area contributed by atoms with E-state index in [0.717, 1.165) is 29.4 Å². The number of para-hydroxylation sites is 1. The van der Waals surface area contributed by atoms with Crippen LogP contribution in [0.1, 0.15) is 37.8 Å². The van der Waals surface area contributed by atoms with Gasteiger partial charge in [0.25, 0.3) is 0 Å². The van der Waals surface area contributed by atoms with Gasteiger partial charge in [-0.05, 0) is 31.7 Å². The fourth-order valence-electron chi connectivity index (χ4n) is 3.42. The first kappa shape index (κ1) is 11.0. The van der Waals surface area contributed by atoms with Crippen LogP contribution in [0.15, 0.2) is 30.3 Å². The van der Waals surface area contributed by atoms with Crippen molar-refractivity contribution in [3.8, 4) is 0 Å². The van der Waals surface area contributed by atoms with Crippen molar-refractivity contribution in [1.29, 1.82) is 0 Å². The molecule has 2 heterocycles. The van der Waals surface area contributed by atoms with E-state index in [0.29, 0.717) is 6.04 Å². The van der Waals surface area contributed by atoms with E-state index in [1.807, 2.05) is 33.6 Å². The Bertz CT molecular complexity index is 690. The van der Waals surface area contributed by atoms with Crippen LogP contribution in [0, 0.1) is 0 Å². The van der Waals surface area contributed by atoms with Crippen LogP contribution in [0.25, 0.3) is 10.9 Å². The van der Waals surface area contributed by atoms with Gasteiger partial charge in [-0.3, -0.25) is 0 Å². The molecule has 1 aromatic heterocycles. The molecule has 1 fully saturated rings. The Morgan fingerprint density at radius 3 is 2.74 bits per heavy atom. The largest absolute Gasteiger partial charge is 0.504 e. The second-order valence-corrected chi connectivity index (χ2v) is 5.57. The van der Waals surface area contributed by atoms with Gasteiger partial charge in [0, 0.05) is 11.5 Å². The van der Waals surface area contributed by atoms with Crippen LogP contribution in [0.2, 0.25) is 0 Å². The normalized spacial score (nSPS) is 19.8. The quantitative estimate of drug-likeness (QED) is 0.715. The summed E-state index contributed by atoms with van der Waals surface area (Å²) in [4.78, 5) is 12.6. The summed E-state index contributed by atoms with van der Waals surface area (Å²) >= 11 is 0. The Morgan fingerprint density at radius 1 is 1.11 bits per heavy atom. The van der Waals surface area contributed by atoms with E-state index in [-0.39, 0.29) is 6.03 Å². The van der Waals surface area contributed by atoms with Gasteiger partial charge in [0.05, 0.1) is 0 Å². The molecular weight excluding hydrogens is 236 g/mol. The molecule has 2 aromatic rings. The minimum atomic E-state index is 0.128. The van der Waals surface area contributed by atoms with Crippen molar-refractivity contribution < 1.29 is 9.37 Å². The summed E-state index contributed by atoms with van der Waals surface area (Å²) in [6.45, 7) is 0. The predicted octanol–water partition coefficient (Wildman–Crippen LogP) is 3.39. The SMILES string of the molecule is O=C1n2c(cc3ccccc32)C=[N+]1C1CCCCC1. The zero-order valence-electron chi connectivity index (χ0n) is 10.9. The molecule has 1 aliphatic carbocycles. The van der Waals surface area contributed by atoms with E-state index >= 15 is 0 Å². The van der Waals surface area contributed by atoms with E-state index in [9.17, 15) is 4.79 Å². The first-order chi connectivity index (χ1) is 9.34. The van der Waals surface area contributed by atoms with Crippen molar-refractivity contribution in [2.75, 3.05) is 0 Å². The van der Waals surface area contributed by atoms with Crippen molar-refractivity contribution in [2.45, 2.75) is 38.1 Å². The van der Waals surface area contributed by atoms with Gasteiger partial charge in [0.2, 0.25) is 0 Å². The van der Waals surface area contributed by atoms with E-state index in [2.05, 4.69) is 12.1 Å². The minimum absolute atomic E-state index is 0.128. The molecule has 0 saturated heterocycles. The summed E-state index contributed by atoms with van der Waals surface area (Å²) in [6.07, 6.45) is 8.14. The Balaban J connectivity index is 1.79. The van der Waals surface area contributed by atoms with Gasteiger partial charge in [0.1, 0.15) is 17.8 Å². The van der Waals surface area contributed by atoms with E-state index in [1.54, 1.807) is 0 Å². The monoisotopic (exact) mass is 253 g/mol. The average molecular weight is 253 g/mol. The van der Waals surface area contributed by atoms with E-state index in [1.165, 1.54) is 19.3 Å². The van der Waals surface area contributed by atoms with Crippen LogP contribution < -0.4 is 0 Å². The van der Waals surface area contributed by atoms with Crippen molar-refractivity contribution >= 4 is 23.1 Å². The van der Waals surface area contributed by atoms with E-state index < -0.39 is 0 Å². The van der Waals surface area contributed by atoms with Gasteiger partial charge in [-0.1, -0.05) is 24.6 Å². The summed E-state index contributed by atoms with van der Waals surface area (Å²) < 4.78 is 3.81. The molecule has 96 valence electrons. The Morgan fingerprint density at radius 2 is 1.89 bits per heavy atom. The van der Waals surface area contributed by atoms with Crippen LogP contribution in [0.3, 0.4) is 0 Å². The third-order valence-corrected chi connectivity index (χ3v) is 4.39. The second kappa shape index (κ2) is 4.05. The van der Waals surface area contributed by atoms with Crippen LogP contribution in [0.5, 0.6) is 0 Å². The number of nitrogens with zero attached hydrogens (tertiary/aromatic N) is 2. The molecule has 3 heteroatoms. The molecule has 0 N–H and O–H groups in total. The fourth-order valence-corrected chi connectivity index (χ4v) is 3.42. The molecule has 2 aliphatic rings. The van der Waals surface area contributed by atoms with Crippen LogP contribution in [-0.2, 0) is 0 Å². The molecule has 1 aromatic carbocycles. The van der Waals surface area contributed by atoms with E-state index in [4.69, 9.17) is 0 Å². The molecule has 1 amide bonds. The van der Waals surface area contributed by atoms with Crippen molar-refractivity contribution in [2.24, 2.45) is 0 Å². The summed E-state index contributed by atoms with van der Waals surface area (Å²) in [5.41, 5.74) is 2.05. The number of fused-ring (bicyclic) bond motifs is 3. The molecule has 3 nitrogen and oxygen atoms in total. The number of hydrogen-bond acceptors (Lipinski definition) is 1. The summed E-state index contributed by atoms with van der Waals surface area (Å²) in [5.74, 6) is 0. The lowest BCUT2D eigenvalue weighted by molar-refractivity contribution is -0.468. The highest BCUT2D eigenvalue weighted by Gasteiger charge is 2.37. The molecule has 19 heavy (non-hydrogen) atoms. The van der Waals surface area contributed by atoms with Gasteiger partial charge in [-0.25, -0.2) is 0 Å². The summed E-state index contributed by atoms with van der Waals surface area (Å²) in [7, 11) is 0. The lowest BCUT2D eigenvalue weighted by Crippen LogP contribution is -2.32. The number of carbonyl (C=O) groups is 1. The number of carbonyl (C=O) groups excluding carboxylic acids is 1. The Kier molecular flexibility index (Phi) is 2.34. The number of hydrogen-bond donors (Lipinski definition) is 0. The van der Waals surface area contributed by atoms with Crippen molar-refractivity contribution in [3.05, 3.63) is 36.0 Å². The molecule has 0 atom stereocenters. The molecule has 0 spiro atoms. The standard InChI is InChI=1S/C16H17N2O/c19-16-17(13-7-2-1-3-8-13)11-14-10-12-6-4-5-9-15(12)18(14)16/h4-6,9-11,13H,1-3,7-8H2/q+1. The molecule has 0 radical (unpaired) electrons. The number of benzene rings is 1. The highest BCUT2D eigenvalue weighted by Crippen LogP contribution is 2.26. The van der Waals surface area contributed by atoms with Gasteiger partial charge < -0.3 is 0 Å². The Labute approximate surface area is 112 Å². The first-order valence-corrected chi connectivity index (χ1v) is 7.12. The summed E-state index contributed by atoms with van der Waals surface area (Å²) in [5, 5.41) is 1.14. The van der Waals surface area contributed by atoms with Crippen LogP contribution in [0.4, 0.5) is 4.79 Å². The third-order valence-electron chi connectivity index (χ3n) is 4.39. The number of amides is 1. The molecule has 0 bridgehead atoms. The maximum Gasteiger partial charge on any atom is 0.504 e. The fraction of sp³-hybridized carbons (Fsp3) is 0.375. The number of aromatic nitrogens is 1. The highest BCUT2D eigenvalue weighted by atomic mass is 16.2. The smallest absolute Gasteiger partial charge is 0.196 e. The molecule has 1 saturated carbocycles. The van der Waals surface area contributed by atoms with Crippen LogP contribution in [-0.4, -0.2) is 27.4 Å².